The Labute approximate surface area is 200 Å². The lowest BCUT2D eigenvalue weighted by atomic mass is 9.88. The van der Waals surface area contributed by atoms with Gasteiger partial charge in [-0.25, -0.2) is 0 Å². The van der Waals surface area contributed by atoms with Crippen molar-refractivity contribution in [2.75, 3.05) is 19.8 Å². The third-order valence-electron chi connectivity index (χ3n) is 7.93. The van der Waals surface area contributed by atoms with Gasteiger partial charge in [-0.05, 0) is 76.0 Å². The van der Waals surface area contributed by atoms with Crippen molar-refractivity contribution in [1.29, 1.82) is 0 Å². The van der Waals surface area contributed by atoms with Gasteiger partial charge in [0.25, 0.3) is 0 Å². The number of rotatable bonds is 12. The zero-order valence-corrected chi connectivity index (χ0v) is 20.7. The molecule has 0 spiro atoms. The quantitative estimate of drug-likeness (QED) is 0.289. The van der Waals surface area contributed by atoms with E-state index in [1.165, 1.54) is 37.7 Å². The summed E-state index contributed by atoms with van der Waals surface area (Å²) in [5.41, 5.74) is 1.42. The number of aliphatic hydroxyl groups excluding tert-OH is 1. The fraction of sp³-hybridized carbons (Fsp3) is 0.857. The number of aliphatic hydroxyl groups is 1. The zero-order chi connectivity index (χ0) is 22.9. The van der Waals surface area contributed by atoms with Crippen LogP contribution in [0.15, 0.2) is 23.8 Å². The molecule has 5 heteroatoms. The van der Waals surface area contributed by atoms with E-state index >= 15 is 0 Å². The second-order valence-electron chi connectivity index (χ2n) is 10.5. The minimum Gasteiger partial charge on any atom is -0.396 e. The average molecular weight is 463 g/mol. The predicted molar refractivity (Wildman–Crippen MR) is 130 cm³/mol. The van der Waals surface area contributed by atoms with E-state index in [2.05, 4.69) is 25.2 Å². The highest BCUT2D eigenvalue weighted by Gasteiger charge is 2.45. The maximum Gasteiger partial charge on any atom is 0.158 e. The molecule has 4 aliphatic rings. The van der Waals surface area contributed by atoms with Crippen molar-refractivity contribution in [2.24, 2.45) is 17.8 Å². The monoisotopic (exact) mass is 462 g/mol. The van der Waals surface area contributed by atoms with Gasteiger partial charge in [0.1, 0.15) is 0 Å². The van der Waals surface area contributed by atoms with Gasteiger partial charge < -0.3 is 24.1 Å². The molecule has 188 valence electrons. The maximum absolute atomic E-state index is 9.43. The van der Waals surface area contributed by atoms with Crippen LogP contribution >= 0.6 is 0 Å². The molecule has 0 aromatic rings. The summed E-state index contributed by atoms with van der Waals surface area (Å²) in [6.07, 6.45) is 21.7. The van der Waals surface area contributed by atoms with Gasteiger partial charge in [0.2, 0.25) is 0 Å². The molecule has 5 nitrogen and oxygen atoms in total. The Morgan fingerprint density at radius 1 is 1.09 bits per heavy atom. The first-order valence-corrected chi connectivity index (χ1v) is 13.8. The molecular formula is C28H46O5. The highest BCUT2D eigenvalue weighted by atomic mass is 16.7. The summed E-state index contributed by atoms with van der Waals surface area (Å²) in [6, 6.07) is 0. The van der Waals surface area contributed by atoms with Crippen LogP contribution in [-0.2, 0) is 18.9 Å². The molecule has 2 unspecified atom stereocenters. The van der Waals surface area contributed by atoms with Gasteiger partial charge in [0.05, 0.1) is 12.2 Å². The minimum absolute atomic E-state index is 0.0494. The van der Waals surface area contributed by atoms with E-state index in [0.717, 1.165) is 64.6 Å². The summed E-state index contributed by atoms with van der Waals surface area (Å²) in [4.78, 5) is 0. The van der Waals surface area contributed by atoms with Gasteiger partial charge in [-0.2, -0.15) is 0 Å². The Morgan fingerprint density at radius 2 is 1.88 bits per heavy atom. The molecule has 4 rings (SSSR count). The van der Waals surface area contributed by atoms with Crippen LogP contribution in [0, 0.1) is 17.8 Å². The molecule has 0 amide bonds. The van der Waals surface area contributed by atoms with E-state index in [9.17, 15) is 5.11 Å². The molecule has 0 bridgehead atoms. The van der Waals surface area contributed by atoms with Gasteiger partial charge in [-0.1, -0.05) is 50.0 Å². The van der Waals surface area contributed by atoms with Crippen LogP contribution in [0.3, 0.4) is 0 Å². The van der Waals surface area contributed by atoms with Crippen molar-refractivity contribution < 1.29 is 24.1 Å². The SMILES string of the molecule is CCCCC[C@@H](/C=C/[C@@H]1[C@H]2CC(CCO)=C[C@H]2C[C@H]1OC1CCCCO1)OC1CCCCO1. The number of unbranched alkanes of at least 4 members (excludes halogenated alkanes) is 2. The summed E-state index contributed by atoms with van der Waals surface area (Å²) in [5, 5.41) is 9.43. The standard InChI is InChI=1S/C28H46O5/c1-2-3-4-9-23(32-27-10-5-7-16-30-27)12-13-24-25-19-21(14-15-29)18-22(25)20-26(24)33-28-11-6-8-17-31-28/h12-13,18,22-29H,2-11,14-17,19-20H2,1H3/b13-12+/t22-,23-,24+,25-,26+,27?,28?/m0/s1. The van der Waals surface area contributed by atoms with Gasteiger partial charge in [-0.3, -0.25) is 0 Å². The normalized spacial score (nSPS) is 35.6. The fourth-order valence-corrected chi connectivity index (χ4v) is 6.14. The van der Waals surface area contributed by atoms with Crippen LogP contribution in [0.1, 0.15) is 90.4 Å². The molecular weight excluding hydrogens is 416 g/mol. The lowest BCUT2D eigenvalue weighted by Crippen LogP contribution is -2.31. The largest absolute Gasteiger partial charge is 0.396 e. The first-order valence-electron chi connectivity index (χ1n) is 13.8. The predicted octanol–water partition coefficient (Wildman–Crippen LogP) is 5.91. The second kappa shape index (κ2) is 13.4. The minimum atomic E-state index is -0.0571. The maximum atomic E-state index is 9.43. The van der Waals surface area contributed by atoms with Gasteiger partial charge >= 0.3 is 0 Å². The molecule has 2 aliphatic carbocycles. The van der Waals surface area contributed by atoms with E-state index in [-0.39, 0.29) is 31.4 Å². The van der Waals surface area contributed by atoms with Crippen molar-refractivity contribution in [3.8, 4) is 0 Å². The molecule has 2 saturated heterocycles. The molecule has 0 radical (unpaired) electrons. The lowest BCUT2D eigenvalue weighted by Gasteiger charge is -2.30. The van der Waals surface area contributed by atoms with Crippen molar-refractivity contribution in [2.45, 2.75) is 115 Å². The van der Waals surface area contributed by atoms with Crippen molar-refractivity contribution >= 4 is 0 Å². The van der Waals surface area contributed by atoms with Crippen molar-refractivity contribution in [3.63, 3.8) is 0 Å². The highest BCUT2D eigenvalue weighted by Crippen LogP contribution is 2.49. The van der Waals surface area contributed by atoms with E-state index in [1.807, 2.05) is 0 Å². The summed E-state index contributed by atoms with van der Waals surface area (Å²) in [6.45, 7) is 4.14. The van der Waals surface area contributed by atoms with E-state index in [0.29, 0.717) is 17.8 Å². The molecule has 2 heterocycles. The van der Waals surface area contributed by atoms with E-state index < -0.39 is 0 Å². The molecule has 7 atom stereocenters. The van der Waals surface area contributed by atoms with Crippen LogP contribution in [0.5, 0.6) is 0 Å². The summed E-state index contributed by atoms with van der Waals surface area (Å²) >= 11 is 0. The zero-order valence-electron chi connectivity index (χ0n) is 20.7. The van der Waals surface area contributed by atoms with Gasteiger partial charge in [0.15, 0.2) is 12.6 Å². The highest BCUT2D eigenvalue weighted by molar-refractivity contribution is 5.21. The van der Waals surface area contributed by atoms with Gasteiger partial charge in [0, 0.05) is 25.7 Å². The Kier molecular flexibility index (Phi) is 10.3. The summed E-state index contributed by atoms with van der Waals surface area (Å²) in [7, 11) is 0. The molecule has 1 saturated carbocycles. The van der Waals surface area contributed by atoms with Crippen LogP contribution in [0.2, 0.25) is 0 Å². The molecule has 33 heavy (non-hydrogen) atoms. The topological polar surface area (TPSA) is 57.2 Å². The smallest absolute Gasteiger partial charge is 0.158 e. The third kappa shape index (κ3) is 7.38. The second-order valence-corrected chi connectivity index (χ2v) is 10.5. The Bertz CT molecular complexity index is 620. The first-order chi connectivity index (χ1) is 16.3. The molecule has 1 N–H and O–H groups in total. The number of fused-ring (bicyclic) bond motifs is 1. The number of hydrogen-bond acceptors (Lipinski definition) is 5. The lowest BCUT2D eigenvalue weighted by molar-refractivity contribution is -0.193. The third-order valence-corrected chi connectivity index (χ3v) is 7.93. The van der Waals surface area contributed by atoms with Gasteiger partial charge in [-0.15, -0.1) is 0 Å². The molecule has 0 aromatic heterocycles. The van der Waals surface area contributed by atoms with Crippen LogP contribution < -0.4 is 0 Å². The average Bonchev–Trinajstić information content (AvgIpc) is 3.36. The Hall–Kier alpha value is -0.720. The van der Waals surface area contributed by atoms with E-state index in [4.69, 9.17) is 18.9 Å². The molecule has 3 fully saturated rings. The number of hydrogen-bond donors (Lipinski definition) is 1. The first kappa shape index (κ1) is 25.4. The Morgan fingerprint density at radius 3 is 2.58 bits per heavy atom. The Balaban J connectivity index is 1.43. The summed E-state index contributed by atoms with van der Waals surface area (Å²) in [5.74, 6) is 1.49. The number of ether oxygens (including phenoxy) is 4. The summed E-state index contributed by atoms with van der Waals surface area (Å²) < 4.78 is 24.8. The fourth-order valence-electron chi connectivity index (χ4n) is 6.14. The molecule has 2 aliphatic heterocycles. The van der Waals surface area contributed by atoms with E-state index in [1.54, 1.807) is 0 Å². The van der Waals surface area contributed by atoms with Crippen molar-refractivity contribution in [1.82, 2.24) is 0 Å². The van der Waals surface area contributed by atoms with Crippen LogP contribution in [0.4, 0.5) is 0 Å². The van der Waals surface area contributed by atoms with Crippen molar-refractivity contribution in [3.05, 3.63) is 23.8 Å². The number of allylic oxidation sites excluding steroid dienone is 1. The van der Waals surface area contributed by atoms with Crippen LogP contribution in [-0.4, -0.2) is 49.7 Å². The van der Waals surface area contributed by atoms with Crippen LogP contribution in [0.25, 0.3) is 0 Å². The molecule has 0 aromatic carbocycles.